The van der Waals surface area contributed by atoms with Gasteiger partial charge in [0.05, 0.1) is 17.6 Å². The van der Waals surface area contributed by atoms with Crippen LogP contribution in [0.2, 0.25) is 0 Å². The summed E-state index contributed by atoms with van der Waals surface area (Å²) < 4.78 is 0. The average molecular weight is 207 g/mol. The molecule has 0 aliphatic heterocycles. The molecule has 0 unspecified atom stereocenters. The van der Waals surface area contributed by atoms with Gasteiger partial charge in [-0.15, -0.1) is 11.6 Å². The Hall–Kier alpha value is -0.0500. The topological polar surface area (TPSA) is 40.5 Å². The molecule has 0 fully saturated rings. The van der Waals surface area contributed by atoms with Crippen molar-refractivity contribution in [2.45, 2.75) is 50.7 Å². The molecule has 0 amide bonds. The van der Waals surface area contributed by atoms with Gasteiger partial charge in [-0.05, 0) is 26.7 Å². The molecule has 0 aromatic heterocycles. The number of aliphatic hydroxyl groups is 2. The molecule has 0 radical (unpaired) electrons. The standard InChI is InChI=1S/C10H19ClO2/c1-3-4-5-6-9(11)10(13)7-8(2)12/h3-4,8-10,12-13H,5-7H2,1-2H3/t8-,9+,10-/m0/s1. The van der Waals surface area contributed by atoms with E-state index in [0.29, 0.717) is 6.42 Å². The number of alkyl halides is 1. The Bertz CT molecular complexity index is 146. The highest BCUT2D eigenvalue weighted by molar-refractivity contribution is 6.21. The van der Waals surface area contributed by atoms with Gasteiger partial charge in [0.25, 0.3) is 0 Å². The Kier molecular flexibility index (Phi) is 7.33. The fourth-order valence-corrected chi connectivity index (χ4v) is 1.34. The molecule has 2 nitrogen and oxygen atoms in total. The summed E-state index contributed by atoms with van der Waals surface area (Å²) in [5, 5.41) is 18.2. The van der Waals surface area contributed by atoms with Gasteiger partial charge in [0, 0.05) is 6.42 Å². The molecule has 0 aliphatic rings. The van der Waals surface area contributed by atoms with Crippen molar-refractivity contribution >= 4 is 11.6 Å². The van der Waals surface area contributed by atoms with Gasteiger partial charge in [0.15, 0.2) is 0 Å². The molecule has 3 atom stereocenters. The monoisotopic (exact) mass is 206 g/mol. The first-order valence-electron chi connectivity index (χ1n) is 4.69. The minimum absolute atomic E-state index is 0.259. The fraction of sp³-hybridized carbons (Fsp3) is 0.800. The molecule has 0 aromatic carbocycles. The lowest BCUT2D eigenvalue weighted by atomic mass is 10.1. The minimum Gasteiger partial charge on any atom is -0.393 e. The highest BCUT2D eigenvalue weighted by atomic mass is 35.5. The van der Waals surface area contributed by atoms with Crippen LogP contribution in [0.15, 0.2) is 12.2 Å². The van der Waals surface area contributed by atoms with Crippen molar-refractivity contribution in [2.75, 3.05) is 0 Å². The Morgan fingerprint density at radius 3 is 2.46 bits per heavy atom. The first-order chi connectivity index (χ1) is 6.07. The van der Waals surface area contributed by atoms with Crippen LogP contribution in [-0.2, 0) is 0 Å². The fourth-order valence-electron chi connectivity index (χ4n) is 1.11. The van der Waals surface area contributed by atoms with Gasteiger partial charge < -0.3 is 10.2 Å². The van der Waals surface area contributed by atoms with Crippen LogP contribution >= 0.6 is 11.6 Å². The Morgan fingerprint density at radius 2 is 2.00 bits per heavy atom. The number of allylic oxidation sites excluding steroid dienone is 2. The van der Waals surface area contributed by atoms with Crippen LogP contribution in [0.1, 0.15) is 33.1 Å². The second kappa shape index (κ2) is 7.36. The normalized spacial score (nSPS) is 18.8. The summed E-state index contributed by atoms with van der Waals surface area (Å²) >= 11 is 5.92. The van der Waals surface area contributed by atoms with E-state index in [-0.39, 0.29) is 5.38 Å². The Balaban J connectivity index is 3.62. The smallest absolute Gasteiger partial charge is 0.0728 e. The summed E-state index contributed by atoms with van der Waals surface area (Å²) in [6, 6.07) is 0. The summed E-state index contributed by atoms with van der Waals surface area (Å²) in [5.41, 5.74) is 0. The SMILES string of the molecule is CC=CCC[C@@H](Cl)[C@@H](O)C[C@H](C)O. The van der Waals surface area contributed by atoms with Crippen LogP contribution in [0, 0.1) is 0 Å². The van der Waals surface area contributed by atoms with E-state index >= 15 is 0 Å². The summed E-state index contributed by atoms with van der Waals surface area (Å²) in [6.45, 7) is 3.61. The van der Waals surface area contributed by atoms with Crippen LogP contribution in [0.3, 0.4) is 0 Å². The third-order valence-corrected chi connectivity index (χ3v) is 2.35. The zero-order valence-electron chi connectivity index (χ0n) is 8.28. The molecular formula is C10H19ClO2. The lowest BCUT2D eigenvalue weighted by Gasteiger charge is -2.17. The highest BCUT2D eigenvalue weighted by Crippen LogP contribution is 2.14. The second-order valence-corrected chi connectivity index (χ2v) is 3.88. The summed E-state index contributed by atoms with van der Waals surface area (Å²) in [5.74, 6) is 0. The molecule has 78 valence electrons. The van der Waals surface area contributed by atoms with Crippen LogP contribution in [0.4, 0.5) is 0 Å². The zero-order valence-corrected chi connectivity index (χ0v) is 9.04. The van der Waals surface area contributed by atoms with E-state index in [1.165, 1.54) is 0 Å². The first kappa shape index (κ1) is 12.9. The quantitative estimate of drug-likeness (QED) is 0.516. The van der Waals surface area contributed by atoms with Crippen molar-refractivity contribution < 1.29 is 10.2 Å². The number of rotatable bonds is 6. The molecule has 13 heavy (non-hydrogen) atoms. The van der Waals surface area contributed by atoms with Gasteiger partial charge in [-0.2, -0.15) is 0 Å². The number of halogens is 1. The molecule has 0 saturated carbocycles. The molecule has 0 bridgehead atoms. The molecule has 2 N–H and O–H groups in total. The van der Waals surface area contributed by atoms with Gasteiger partial charge >= 0.3 is 0 Å². The summed E-state index contributed by atoms with van der Waals surface area (Å²) in [7, 11) is 0. The van der Waals surface area contributed by atoms with Gasteiger partial charge in [0.1, 0.15) is 0 Å². The largest absolute Gasteiger partial charge is 0.393 e. The molecule has 0 aromatic rings. The Labute approximate surface area is 85.2 Å². The first-order valence-corrected chi connectivity index (χ1v) is 5.13. The van der Waals surface area contributed by atoms with Gasteiger partial charge in [-0.25, -0.2) is 0 Å². The van der Waals surface area contributed by atoms with E-state index in [4.69, 9.17) is 16.7 Å². The van der Waals surface area contributed by atoms with Crippen molar-refractivity contribution in [1.29, 1.82) is 0 Å². The lowest BCUT2D eigenvalue weighted by Crippen LogP contribution is -2.24. The molecule has 0 heterocycles. The molecule has 0 saturated heterocycles. The molecular weight excluding hydrogens is 188 g/mol. The van der Waals surface area contributed by atoms with Crippen molar-refractivity contribution in [2.24, 2.45) is 0 Å². The van der Waals surface area contributed by atoms with Crippen molar-refractivity contribution in [3.63, 3.8) is 0 Å². The third kappa shape index (κ3) is 7.05. The molecule has 0 rings (SSSR count). The van der Waals surface area contributed by atoms with Crippen LogP contribution in [-0.4, -0.2) is 27.8 Å². The van der Waals surface area contributed by atoms with Gasteiger partial charge in [0.2, 0.25) is 0 Å². The maximum absolute atomic E-state index is 9.47. The minimum atomic E-state index is -0.605. The van der Waals surface area contributed by atoms with E-state index in [1.54, 1.807) is 6.92 Å². The highest BCUT2D eigenvalue weighted by Gasteiger charge is 2.17. The molecule has 0 aliphatic carbocycles. The maximum Gasteiger partial charge on any atom is 0.0728 e. The number of hydrogen-bond donors (Lipinski definition) is 2. The average Bonchev–Trinajstić information content (AvgIpc) is 2.03. The van der Waals surface area contributed by atoms with Crippen molar-refractivity contribution in [3.05, 3.63) is 12.2 Å². The van der Waals surface area contributed by atoms with E-state index in [9.17, 15) is 5.11 Å². The second-order valence-electron chi connectivity index (χ2n) is 3.31. The lowest BCUT2D eigenvalue weighted by molar-refractivity contribution is 0.0864. The van der Waals surface area contributed by atoms with Crippen LogP contribution in [0.5, 0.6) is 0 Å². The Morgan fingerprint density at radius 1 is 1.38 bits per heavy atom. The molecule has 0 spiro atoms. The van der Waals surface area contributed by atoms with Crippen LogP contribution < -0.4 is 0 Å². The van der Waals surface area contributed by atoms with Crippen molar-refractivity contribution in [3.8, 4) is 0 Å². The zero-order chi connectivity index (χ0) is 10.3. The van der Waals surface area contributed by atoms with Gasteiger partial charge in [-0.1, -0.05) is 12.2 Å². The molecule has 3 heteroatoms. The van der Waals surface area contributed by atoms with Crippen LogP contribution in [0.25, 0.3) is 0 Å². The predicted molar refractivity (Wildman–Crippen MR) is 56.0 cm³/mol. The van der Waals surface area contributed by atoms with Gasteiger partial charge in [-0.3, -0.25) is 0 Å². The van der Waals surface area contributed by atoms with E-state index in [2.05, 4.69) is 0 Å². The predicted octanol–water partition coefficient (Wildman–Crippen LogP) is 2.08. The number of aliphatic hydroxyl groups excluding tert-OH is 2. The van der Waals surface area contributed by atoms with Crippen molar-refractivity contribution in [1.82, 2.24) is 0 Å². The third-order valence-electron chi connectivity index (χ3n) is 1.84. The maximum atomic E-state index is 9.47. The van der Waals surface area contributed by atoms with E-state index < -0.39 is 12.2 Å². The van der Waals surface area contributed by atoms with E-state index in [0.717, 1.165) is 12.8 Å². The number of hydrogen-bond acceptors (Lipinski definition) is 2. The summed E-state index contributed by atoms with van der Waals surface area (Å²) in [6.07, 6.45) is 4.87. The summed E-state index contributed by atoms with van der Waals surface area (Å²) in [4.78, 5) is 0. The van der Waals surface area contributed by atoms with E-state index in [1.807, 2.05) is 19.1 Å².